The summed E-state index contributed by atoms with van der Waals surface area (Å²) in [6, 6.07) is 11.8. The maximum absolute atomic E-state index is 5.34. The van der Waals surface area contributed by atoms with Crippen LogP contribution in [0.25, 0.3) is 11.3 Å². The van der Waals surface area contributed by atoms with E-state index in [1.54, 1.807) is 0 Å². The molecule has 2 N–H and O–H groups in total. The van der Waals surface area contributed by atoms with Gasteiger partial charge in [-0.15, -0.1) is 24.0 Å². The SMILES string of the molecule is CCNC(=NCc1cc(-c2ccccc2)on1)NCC.I. The van der Waals surface area contributed by atoms with Gasteiger partial charge >= 0.3 is 0 Å². The highest BCUT2D eigenvalue weighted by Crippen LogP contribution is 2.19. The molecule has 0 aliphatic carbocycles. The number of halogens is 1. The van der Waals surface area contributed by atoms with Crippen LogP contribution in [0.5, 0.6) is 0 Å². The van der Waals surface area contributed by atoms with Crippen LogP contribution >= 0.6 is 24.0 Å². The van der Waals surface area contributed by atoms with Crippen LogP contribution in [0.2, 0.25) is 0 Å². The molecule has 0 fully saturated rings. The fourth-order valence-electron chi connectivity index (χ4n) is 1.79. The van der Waals surface area contributed by atoms with E-state index in [0.29, 0.717) is 6.54 Å². The summed E-state index contributed by atoms with van der Waals surface area (Å²) in [5, 5.41) is 10.4. The van der Waals surface area contributed by atoms with Crippen molar-refractivity contribution < 1.29 is 4.52 Å². The molecule has 2 rings (SSSR count). The zero-order valence-electron chi connectivity index (χ0n) is 12.3. The first-order valence-electron chi connectivity index (χ1n) is 6.86. The summed E-state index contributed by atoms with van der Waals surface area (Å²) in [4.78, 5) is 4.45. The van der Waals surface area contributed by atoms with E-state index in [0.717, 1.165) is 36.1 Å². The van der Waals surface area contributed by atoms with Gasteiger partial charge in [-0.25, -0.2) is 4.99 Å². The number of rotatable bonds is 5. The van der Waals surface area contributed by atoms with Crippen molar-refractivity contribution in [2.75, 3.05) is 13.1 Å². The second-order valence-electron chi connectivity index (χ2n) is 4.27. The normalized spacial score (nSPS) is 9.62. The predicted molar refractivity (Wildman–Crippen MR) is 95.8 cm³/mol. The molecule has 5 nitrogen and oxygen atoms in total. The molecule has 0 saturated carbocycles. The highest BCUT2D eigenvalue weighted by atomic mass is 127. The molecule has 6 heteroatoms. The third kappa shape index (κ3) is 5.37. The van der Waals surface area contributed by atoms with Crippen molar-refractivity contribution in [3.05, 3.63) is 42.1 Å². The molecule has 21 heavy (non-hydrogen) atoms. The van der Waals surface area contributed by atoms with Crippen molar-refractivity contribution >= 4 is 29.9 Å². The Morgan fingerprint density at radius 3 is 2.43 bits per heavy atom. The first-order valence-corrected chi connectivity index (χ1v) is 6.86. The van der Waals surface area contributed by atoms with E-state index in [4.69, 9.17) is 4.52 Å². The van der Waals surface area contributed by atoms with Crippen LogP contribution in [0.1, 0.15) is 19.5 Å². The maximum atomic E-state index is 5.34. The van der Waals surface area contributed by atoms with Crippen molar-refractivity contribution in [2.24, 2.45) is 4.99 Å². The predicted octanol–water partition coefficient (Wildman–Crippen LogP) is 3.03. The Morgan fingerprint density at radius 2 is 1.81 bits per heavy atom. The average molecular weight is 400 g/mol. The number of nitrogens with zero attached hydrogens (tertiary/aromatic N) is 2. The summed E-state index contributed by atoms with van der Waals surface area (Å²) in [5.74, 6) is 1.56. The zero-order chi connectivity index (χ0) is 14.2. The molecule has 0 spiro atoms. The van der Waals surface area contributed by atoms with E-state index in [2.05, 4.69) is 20.8 Å². The lowest BCUT2D eigenvalue weighted by atomic mass is 10.2. The van der Waals surface area contributed by atoms with E-state index in [9.17, 15) is 0 Å². The second-order valence-corrected chi connectivity index (χ2v) is 4.27. The molecule has 0 saturated heterocycles. The molecular formula is C15H21IN4O. The highest BCUT2D eigenvalue weighted by Gasteiger charge is 2.06. The van der Waals surface area contributed by atoms with E-state index in [-0.39, 0.29) is 24.0 Å². The monoisotopic (exact) mass is 400 g/mol. The molecule has 0 unspecified atom stereocenters. The van der Waals surface area contributed by atoms with Gasteiger partial charge in [-0.05, 0) is 13.8 Å². The van der Waals surface area contributed by atoms with Crippen molar-refractivity contribution in [3.63, 3.8) is 0 Å². The molecule has 0 aliphatic rings. The van der Waals surface area contributed by atoms with Crippen molar-refractivity contribution in [2.45, 2.75) is 20.4 Å². The molecule has 0 bridgehead atoms. The van der Waals surface area contributed by atoms with E-state index in [1.807, 2.05) is 50.2 Å². The van der Waals surface area contributed by atoms with Gasteiger partial charge in [0.05, 0.1) is 6.54 Å². The smallest absolute Gasteiger partial charge is 0.191 e. The van der Waals surface area contributed by atoms with E-state index < -0.39 is 0 Å². The summed E-state index contributed by atoms with van der Waals surface area (Å²) in [5.41, 5.74) is 1.84. The molecule has 114 valence electrons. The number of hydrogen-bond acceptors (Lipinski definition) is 3. The molecule has 0 radical (unpaired) electrons. The fourth-order valence-corrected chi connectivity index (χ4v) is 1.79. The Labute approximate surface area is 142 Å². The minimum absolute atomic E-state index is 0. The number of aromatic nitrogens is 1. The summed E-state index contributed by atoms with van der Waals surface area (Å²) in [7, 11) is 0. The summed E-state index contributed by atoms with van der Waals surface area (Å²) in [6.07, 6.45) is 0. The second kappa shape index (κ2) is 9.38. The van der Waals surface area contributed by atoms with E-state index in [1.165, 1.54) is 0 Å². The first-order chi connectivity index (χ1) is 9.83. The van der Waals surface area contributed by atoms with Gasteiger partial charge in [-0.3, -0.25) is 0 Å². The fraction of sp³-hybridized carbons (Fsp3) is 0.333. The minimum atomic E-state index is 0. The van der Waals surface area contributed by atoms with Crippen LogP contribution in [0.4, 0.5) is 0 Å². The van der Waals surface area contributed by atoms with Gasteiger partial charge < -0.3 is 15.2 Å². The third-order valence-electron chi connectivity index (χ3n) is 2.70. The Hall–Kier alpha value is -1.57. The maximum Gasteiger partial charge on any atom is 0.191 e. The quantitative estimate of drug-likeness (QED) is 0.460. The molecule has 0 atom stereocenters. The van der Waals surface area contributed by atoms with Crippen LogP contribution in [0.15, 0.2) is 45.9 Å². The largest absolute Gasteiger partial charge is 0.357 e. The molecular weight excluding hydrogens is 379 g/mol. The molecule has 0 amide bonds. The van der Waals surface area contributed by atoms with Gasteiger partial charge in [0.15, 0.2) is 11.7 Å². The van der Waals surface area contributed by atoms with Gasteiger partial charge in [0.25, 0.3) is 0 Å². The Morgan fingerprint density at radius 1 is 1.14 bits per heavy atom. The Balaban J connectivity index is 0.00000220. The van der Waals surface area contributed by atoms with Crippen LogP contribution in [0, 0.1) is 0 Å². The minimum Gasteiger partial charge on any atom is -0.357 e. The van der Waals surface area contributed by atoms with E-state index >= 15 is 0 Å². The standard InChI is InChI=1S/C15H20N4O.HI/c1-3-16-15(17-4-2)18-11-13-10-14(20-19-13)12-8-6-5-7-9-12;/h5-10H,3-4,11H2,1-2H3,(H2,16,17,18);1H. The van der Waals surface area contributed by atoms with Crippen molar-refractivity contribution in [1.82, 2.24) is 15.8 Å². The van der Waals surface area contributed by atoms with Crippen LogP contribution in [0.3, 0.4) is 0 Å². The molecule has 2 aromatic rings. The van der Waals surface area contributed by atoms with Gasteiger partial charge in [0, 0.05) is 24.7 Å². The third-order valence-corrected chi connectivity index (χ3v) is 2.70. The van der Waals surface area contributed by atoms with Crippen molar-refractivity contribution in [1.29, 1.82) is 0 Å². The number of benzene rings is 1. The topological polar surface area (TPSA) is 62.5 Å². The summed E-state index contributed by atoms with van der Waals surface area (Å²) >= 11 is 0. The Kier molecular flexibility index (Phi) is 7.81. The lowest BCUT2D eigenvalue weighted by Gasteiger charge is -2.07. The average Bonchev–Trinajstić information content (AvgIpc) is 2.95. The zero-order valence-corrected chi connectivity index (χ0v) is 14.6. The lowest BCUT2D eigenvalue weighted by Crippen LogP contribution is -2.36. The number of nitrogens with one attached hydrogen (secondary N) is 2. The number of guanidine groups is 1. The molecule has 1 aromatic carbocycles. The first kappa shape index (κ1) is 17.5. The van der Waals surface area contributed by atoms with Crippen LogP contribution in [-0.2, 0) is 6.54 Å². The summed E-state index contributed by atoms with van der Waals surface area (Å²) in [6.45, 7) is 6.23. The van der Waals surface area contributed by atoms with Gasteiger partial charge in [-0.1, -0.05) is 35.5 Å². The highest BCUT2D eigenvalue weighted by molar-refractivity contribution is 14.0. The van der Waals surface area contributed by atoms with Crippen molar-refractivity contribution in [3.8, 4) is 11.3 Å². The molecule has 0 aliphatic heterocycles. The summed E-state index contributed by atoms with van der Waals surface area (Å²) < 4.78 is 5.34. The van der Waals surface area contributed by atoms with Gasteiger partial charge in [0.1, 0.15) is 5.69 Å². The van der Waals surface area contributed by atoms with Gasteiger partial charge in [0.2, 0.25) is 0 Å². The number of hydrogen-bond donors (Lipinski definition) is 2. The number of aliphatic imine (C=N–C) groups is 1. The Bertz CT molecular complexity index is 546. The van der Waals surface area contributed by atoms with Crippen LogP contribution in [-0.4, -0.2) is 24.2 Å². The van der Waals surface area contributed by atoms with Crippen LogP contribution < -0.4 is 10.6 Å². The lowest BCUT2D eigenvalue weighted by molar-refractivity contribution is 0.424. The van der Waals surface area contributed by atoms with Gasteiger partial charge in [-0.2, -0.15) is 0 Å². The molecule has 1 heterocycles. The molecule has 1 aromatic heterocycles.